The summed E-state index contributed by atoms with van der Waals surface area (Å²) < 4.78 is 0. The van der Waals surface area contributed by atoms with Crippen LogP contribution in [-0.2, 0) is 9.59 Å². The van der Waals surface area contributed by atoms with E-state index in [0.29, 0.717) is 6.04 Å². The zero-order chi connectivity index (χ0) is 9.84. The lowest BCUT2D eigenvalue weighted by atomic mass is 9.93. The maximum atomic E-state index is 11.2. The van der Waals surface area contributed by atoms with Gasteiger partial charge in [0, 0.05) is 12.5 Å². The fourth-order valence-corrected chi connectivity index (χ4v) is 1.20. The Kier molecular flexibility index (Phi) is 3.28. The van der Waals surface area contributed by atoms with Gasteiger partial charge in [0.15, 0.2) is 0 Å². The second-order valence-electron chi connectivity index (χ2n) is 3.64. The van der Waals surface area contributed by atoms with E-state index in [4.69, 9.17) is 5.11 Å². The average molecular weight is 185 g/mol. The molecule has 74 valence electrons. The number of carboxylic acids is 1. The molecule has 0 aromatic rings. The molecule has 1 fully saturated rings. The molecule has 1 unspecified atom stereocenters. The van der Waals surface area contributed by atoms with Gasteiger partial charge < -0.3 is 10.4 Å². The molecule has 13 heavy (non-hydrogen) atoms. The Morgan fingerprint density at radius 3 is 2.54 bits per heavy atom. The fraction of sp³-hybridized carbons (Fsp3) is 0.778. The number of carboxylic acid groups (broad SMARTS) is 1. The Bertz CT molecular complexity index is 211. The molecule has 0 saturated heterocycles. The number of hydrogen-bond donors (Lipinski definition) is 2. The molecule has 4 heteroatoms. The molecule has 0 aromatic heterocycles. The molecule has 4 nitrogen and oxygen atoms in total. The fourth-order valence-electron chi connectivity index (χ4n) is 1.20. The van der Waals surface area contributed by atoms with E-state index in [1.165, 1.54) is 6.42 Å². The number of carbonyl (C=O) groups excluding carboxylic acids is 1. The van der Waals surface area contributed by atoms with Gasteiger partial charge in [0.25, 0.3) is 0 Å². The largest absolute Gasteiger partial charge is 0.481 e. The summed E-state index contributed by atoms with van der Waals surface area (Å²) in [5, 5.41) is 11.4. The third-order valence-corrected chi connectivity index (χ3v) is 2.38. The van der Waals surface area contributed by atoms with Crippen molar-refractivity contribution in [2.45, 2.75) is 38.6 Å². The molecule has 0 aliphatic heterocycles. The highest BCUT2D eigenvalue weighted by Gasteiger charge is 2.21. The van der Waals surface area contributed by atoms with Crippen molar-refractivity contribution in [3.8, 4) is 0 Å². The Balaban J connectivity index is 2.19. The van der Waals surface area contributed by atoms with Crippen molar-refractivity contribution in [2.24, 2.45) is 5.92 Å². The first-order valence-electron chi connectivity index (χ1n) is 4.61. The predicted molar refractivity (Wildman–Crippen MR) is 47.2 cm³/mol. The van der Waals surface area contributed by atoms with Crippen molar-refractivity contribution in [1.82, 2.24) is 5.32 Å². The third-order valence-electron chi connectivity index (χ3n) is 2.38. The van der Waals surface area contributed by atoms with Crippen molar-refractivity contribution in [3.05, 3.63) is 0 Å². The van der Waals surface area contributed by atoms with Crippen LogP contribution in [0.2, 0.25) is 0 Å². The van der Waals surface area contributed by atoms with Gasteiger partial charge in [0.1, 0.15) is 0 Å². The van der Waals surface area contributed by atoms with Crippen molar-refractivity contribution in [2.75, 3.05) is 0 Å². The summed E-state index contributed by atoms with van der Waals surface area (Å²) in [6, 6.07) is 0.300. The van der Waals surface area contributed by atoms with Crippen LogP contribution in [0.1, 0.15) is 32.6 Å². The highest BCUT2D eigenvalue weighted by Crippen LogP contribution is 2.18. The second kappa shape index (κ2) is 4.25. The predicted octanol–water partition coefficient (Wildman–Crippen LogP) is 0.766. The van der Waals surface area contributed by atoms with Gasteiger partial charge in [-0.2, -0.15) is 0 Å². The van der Waals surface area contributed by atoms with Gasteiger partial charge in [0.2, 0.25) is 5.91 Å². The monoisotopic (exact) mass is 185 g/mol. The van der Waals surface area contributed by atoms with Crippen LogP contribution >= 0.6 is 0 Å². The second-order valence-corrected chi connectivity index (χ2v) is 3.64. The van der Waals surface area contributed by atoms with Crippen LogP contribution in [0.25, 0.3) is 0 Å². The average Bonchev–Trinajstić information content (AvgIpc) is 1.96. The van der Waals surface area contributed by atoms with E-state index < -0.39 is 11.9 Å². The Morgan fingerprint density at radius 2 is 2.15 bits per heavy atom. The molecular weight excluding hydrogens is 170 g/mol. The molecule has 1 saturated carbocycles. The zero-order valence-electron chi connectivity index (χ0n) is 7.75. The van der Waals surface area contributed by atoms with Crippen molar-refractivity contribution >= 4 is 11.9 Å². The summed E-state index contributed by atoms with van der Waals surface area (Å²) in [5.74, 6) is -1.64. The summed E-state index contributed by atoms with van der Waals surface area (Å²) >= 11 is 0. The van der Waals surface area contributed by atoms with Crippen molar-refractivity contribution in [1.29, 1.82) is 0 Å². The standard InChI is InChI=1S/C9H15NO3/c1-6(9(12)13)5-8(11)10-7-3-2-4-7/h6-7H,2-5H2,1H3,(H,10,11)(H,12,13). The summed E-state index contributed by atoms with van der Waals surface area (Å²) in [5.41, 5.74) is 0. The van der Waals surface area contributed by atoms with E-state index in [2.05, 4.69) is 5.32 Å². The van der Waals surface area contributed by atoms with Crippen LogP contribution < -0.4 is 5.32 Å². The van der Waals surface area contributed by atoms with Crippen molar-refractivity contribution in [3.63, 3.8) is 0 Å². The van der Waals surface area contributed by atoms with Gasteiger partial charge in [-0.3, -0.25) is 9.59 Å². The van der Waals surface area contributed by atoms with Crippen LogP contribution in [0.3, 0.4) is 0 Å². The maximum Gasteiger partial charge on any atom is 0.306 e. The number of aliphatic carboxylic acids is 1. The van der Waals surface area contributed by atoms with Gasteiger partial charge in [-0.15, -0.1) is 0 Å². The van der Waals surface area contributed by atoms with Crippen LogP contribution in [0, 0.1) is 5.92 Å². The molecule has 1 atom stereocenters. The quantitative estimate of drug-likeness (QED) is 0.679. The first-order chi connectivity index (χ1) is 6.09. The van der Waals surface area contributed by atoms with E-state index in [-0.39, 0.29) is 12.3 Å². The summed E-state index contributed by atoms with van der Waals surface area (Å²) in [6.45, 7) is 1.54. The first kappa shape index (κ1) is 10.0. The SMILES string of the molecule is CC(CC(=O)NC1CCC1)C(=O)O. The highest BCUT2D eigenvalue weighted by molar-refractivity contribution is 5.82. The van der Waals surface area contributed by atoms with E-state index in [0.717, 1.165) is 12.8 Å². The zero-order valence-corrected chi connectivity index (χ0v) is 7.75. The summed E-state index contributed by atoms with van der Waals surface area (Å²) in [7, 11) is 0. The number of nitrogens with one attached hydrogen (secondary N) is 1. The number of amides is 1. The van der Waals surface area contributed by atoms with E-state index >= 15 is 0 Å². The van der Waals surface area contributed by atoms with Gasteiger partial charge in [-0.25, -0.2) is 0 Å². The number of carbonyl (C=O) groups is 2. The normalized spacial score (nSPS) is 18.8. The first-order valence-corrected chi connectivity index (χ1v) is 4.61. The minimum absolute atomic E-state index is 0.0891. The smallest absolute Gasteiger partial charge is 0.306 e. The van der Waals surface area contributed by atoms with Gasteiger partial charge in [-0.1, -0.05) is 6.92 Å². The number of rotatable bonds is 4. The molecule has 0 aromatic carbocycles. The van der Waals surface area contributed by atoms with Crippen LogP contribution in [0.5, 0.6) is 0 Å². The van der Waals surface area contributed by atoms with E-state index in [9.17, 15) is 9.59 Å². The third kappa shape index (κ3) is 3.05. The molecule has 1 aliphatic rings. The number of hydrogen-bond acceptors (Lipinski definition) is 2. The molecule has 1 rings (SSSR count). The topological polar surface area (TPSA) is 66.4 Å². The molecule has 1 aliphatic carbocycles. The van der Waals surface area contributed by atoms with E-state index in [1.807, 2.05) is 0 Å². The Labute approximate surface area is 77.3 Å². The van der Waals surface area contributed by atoms with Crippen LogP contribution in [0.4, 0.5) is 0 Å². The molecule has 0 spiro atoms. The molecule has 0 heterocycles. The Morgan fingerprint density at radius 1 is 1.54 bits per heavy atom. The van der Waals surface area contributed by atoms with Gasteiger partial charge >= 0.3 is 5.97 Å². The minimum Gasteiger partial charge on any atom is -0.481 e. The van der Waals surface area contributed by atoms with Crippen LogP contribution in [-0.4, -0.2) is 23.0 Å². The lowest BCUT2D eigenvalue weighted by molar-refractivity contribution is -0.143. The van der Waals surface area contributed by atoms with E-state index in [1.54, 1.807) is 6.92 Å². The van der Waals surface area contributed by atoms with Crippen LogP contribution in [0.15, 0.2) is 0 Å². The van der Waals surface area contributed by atoms with Gasteiger partial charge in [0.05, 0.1) is 5.92 Å². The van der Waals surface area contributed by atoms with Crippen molar-refractivity contribution < 1.29 is 14.7 Å². The van der Waals surface area contributed by atoms with Gasteiger partial charge in [-0.05, 0) is 19.3 Å². The molecule has 0 radical (unpaired) electrons. The summed E-state index contributed by atoms with van der Waals surface area (Å²) in [4.78, 5) is 21.6. The molecular formula is C9H15NO3. The molecule has 0 bridgehead atoms. The summed E-state index contributed by atoms with van der Waals surface area (Å²) in [6.07, 6.45) is 3.33. The maximum absolute atomic E-state index is 11.2. The lowest BCUT2D eigenvalue weighted by Crippen LogP contribution is -2.40. The lowest BCUT2D eigenvalue weighted by Gasteiger charge is -2.26. The highest BCUT2D eigenvalue weighted by atomic mass is 16.4. The Hall–Kier alpha value is -1.06. The minimum atomic E-state index is -0.913. The molecule has 1 amide bonds. The molecule has 2 N–H and O–H groups in total.